The van der Waals surface area contributed by atoms with Gasteiger partial charge in [0, 0.05) is 0 Å². The Kier molecular flexibility index (Phi) is 5.24. The van der Waals surface area contributed by atoms with E-state index < -0.39 is 0 Å². The lowest BCUT2D eigenvalue weighted by Crippen LogP contribution is -2.31. The molecule has 108 valence electrons. The molecule has 2 rings (SSSR count). The number of nitrogens with zero attached hydrogens (tertiary/aromatic N) is 1. The van der Waals surface area contributed by atoms with Gasteiger partial charge in [0.05, 0.1) is 11.5 Å². The lowest BCUT2D eigenvalue weighted by atomic mass is 9.66. The van der Waals surface area contributed by atoms with Crippen molar-refractivity contribution in [1.29, 1.82) is 5.26 Å². The van der Waals surface area contributed by atoms with E-state index in [2.05, 4.69) is 44.2 Å². The standard InChI is InChI=1S/C19H27N/c1-3-5-9-16(4-2)14-19(15-20)13-8-11-17-10-6-7-12-18(17)19/h6-7,10,12,16H,3-5,8-9,11,13-14H2,1-2H3. The zero-order valence-electron chi connectivity index (χ0n) is 13.0. The highest BCUT2D eigenvalue weighted by Crippen LogP contribution is 2.42. The Labute approximate surface area is 124 Å². The molecule has 0 saturated carbocycles. The van der Waals surface area contributed by atoms with Crippen LogP contribution in [0.15, 0.2) is 24.3 Å². The van der Waals surface area contributed by atoms with E-state index >= 15 is 0 Å². The van der Waals surface area contributed by atoms with Crippen molar-refractivity contribution >= 4 is 0 Å². The van der Waals surface area contributed by atoms with Crippen LogP contribution in [0, 0.1) is 17.2 Å². The smallest absolute Gasteiger partial charge is 0.0827 e. The summed E-state index contributed by atoms with van der Waals surface area (Å²) in [4.78, 5) is 0. The van der Waals surface area contributed by atoms with E-state index in [1.807, 2.05) is 0 Å². The molecule has 1 heteroatoms. The van der Waals surface area contributed by atoms with E-state index in [0.717, 1.165) is 25.7 Å². The van der Waals surface area contributed by atoms with E-state index in [1.54, 1.807) is 0 Å². The molecule has 0 saturated heterocycles. The van der Waals surface area contributed by atoms with Crippen LogP contribution in [0.4, 0.5) is 0 Å². The maximum absolute atomic E-state index is 9.91. The average molecular weight is 269 g/mol. The van der Waals surface area contributed by atoms with Gasteiger partial charge in [-0.15, -0.1) is 0 Å². The molecule has 1 aliphatic rings. The summed E-state index contributed by atoms with van der Waals surface area (Å²) in [7, 11) is 0. The van der Waals surface area contributed by atoms with E-state index in [1.165, 1.54) is 36.8 Å². The minimum absolute atomic E-state index is 0.219. The first-order valence-electron chi connectivity index (χ1n) is 8.25. The third kappa shape index (κ3) is 3.06. The molecule has 0 amide bonds. The van der Waals surface area contributed by atoms with Crippen LogP contribution in [-0.2, 0) is 11.8 Å². The van der Waals surface area contributed by atoms with Crippen molar-refractivity contribution in [3.8, 4) is 6.07 Å². The largest absolute Gasteiger partial charge is 0.197 e. The number of unbranched alkanes of at least 4 members (excludes halogenated alkanes) is 1. The summed E-state index contributed by atoms with van der Waals surface area (Å²) in [5, 5.41) is 9.91. The number of benzene rings is 1. The summed E-state index contributed by atoms with van der Waals surface area (Å²) in [5.74, 6) is 0.695. The number of nitriles is 1. The summed E-state index contributed by atoms with van der Waals surface area (Å²) in [6.07, 6.45) is 9.43. The Morgan fingerprint density at radius 1 is 1.30 bits per heavy atom. The first kappa shape index (κ1) is 15.1. The molecule has 2 unspecified atom stereocenters. The molecule has 2 atom stereocenters. The summed E-state index contributed by atoms with van der Waals surface area (Å²) in [6, 6.07) is 11.3. The molecule has 0 spiro atoms. The summed E-state index contributed by atoms with van der Waals surface area (Å²) in [6.45, 7) is 4.53. The Morgan fingerprint density at radius 2 is 2.10 bits per heavy atom. The monoisotopic (exact) mass is 269 g/mol. The van der Waals surface area contributed by atoms with E-state index in [9.17, 15) is 5.26 Å². The van der Waals surface area contributed by atoms with Gasteiger partial charge in [-0.3, -0.25) is 0 Å². The summed E-state index contributed by atoms with van der Waals surface area (Å²) >= 11 is 0. The fourth-order valence-electron chi connectivity index (χ4n) is 3.73. The van der Waals surface area contributed by atoms with Crippen LogP contribution in [0.1, 0.15) is 69.9 Å². The van der Waals surface area contributed by atoms with Crippen molar-refractivity contribution < 1.29 is 0 Å². The summed E-state index contributed by atoms with van der Waals surface area (Å²) in [5.41, 5.74) is 2.51. The molecule has 0 aliphatic heterocycles. The van der Waals surface area contributed by atoms with E-state index in [4.69, 9.17) is 0 Å². The molecule has 0 bridgehead atoms. The Morgan fingerprint density at radius 3 is 2.80 bits per heavy atom. The van der Waals surface area contributed by atoms with Gasteiger partial charge in [0.2, 0.25) is 0 Å². The van der Waals surface area contributed by atoms with Gasteiger partial charge in [-0.2, -0.15) is 5.26 Å². The molecular formula is C19H27N. The first-order chi connectivity index (χ1) is 9.75. The molecule has 1 aliphatic carbocycles. The normalized spacial score (nSPS) is 22.9. The average Bonchev–Trinajstić information content (AvgIpc) is 2.51. The van der Waals surface area contributed by atoms with Crippen molar-refractivity contribution in [2.24, 2.45) is 5.92 Å². The zero-order chi connectivity index (χ0) is 14.4. The molecule has 0 heterocycles. The zero-order valence-corrected chi connectivity index (χ0v) is 13.0. The highest BCUT2D eigenvalue weighted by Gasteiger charge is 2.38. The molecule has 1 aromatic rings. The van der Waals surface area contributed by atoms with Crippen LogP contribution in [0.5, 0.6) is 0 Å². The fourth-order valence-corrected chi connectivity index (χ4v) is 3.73. The second-order valence-corrected chi connectivity index (χ2v) is 6.33. The van der Waals surface area contributed by atoms with Gasteiger partial charge in [-0.05, 0) is 42.7 Å². The predicted molar refractivity (Wildman–Crippen MR) is 84.6 cm³/mol. The molecule has 1 aromatic carbocycles. The van der Waals surface area contributed by atoms with Gasteiger partial charge in [0.1, 0.15) is 0 Å². The Bertz CT molecular complexity index is 471. The minimum Gasteiger partial charge on any atom is -0.197 e. The second kappa shape index (κ2) is 6.93. The molecule has 0 fully saturated rings. The SMILES string of the molecule is CCCCC(CC)CC1(C#N)CCCc2ccccc21. The van der Waals surface area contributed by atoms with Crippen molar-refractivity contribution in [3.05, 3.63) is 35.4 Å². The van der Waals surface area contributed by atoms with Gasteiger partial charge in [-0.1, -0.05) is 63.8 Å². The van der Waals surface area contributed by atoms with Gasteiger partial charge in [0.15, 0.2) is 0 Å². The van der Waals surface area contributed by atoms with E-state index in [-0.39, 0.29) is 5.41 Å². The first-order valence-corrected chi connectivity index (χ1v) is 8.25. The Balaban J connectivity index is 2.24. The van der Waals surface area contributed by atoms with Crippen LogP contribution in [0.3, 0.4) is 0 Å². The van der Waals surface area contributed by atoms with Crippen molar-refractivity contribution in [1.82, 2.24) is 0 Å². The fraction of sp³-hybridized carbons (Fsp3) is 0.632. The van der Waals surface area contributed by atoms with Gasteiger partial charge in [-0.25, -0.2) is 0 Å². The topological polar surface area (TPSA) is 23.8 Å². The van der Waals surface area contributed by atoms with Crippen LogP contribution in [-0.4, -0.2) is 0 Å². The third-order valence-electron chi connectivity index (χ3n) is 4.98. The number of aryl methyl sites for hydroxylation is 1. The highest BCUT2D eigenvalue weighted by molar-refractivity contribution is 5.41. The molecule has 0 aromatic heterocycles. The van der Waals surface area contributed by atoms with Crippen LogP contribution < -0.4 is 0 Å². The maximum atomic E-state index is 9.91. The third-order valence-corrected chi connectivity index (χ3v) is 4.98. The van der Waals surface area contributed by atoms with Gasteiger partial charge in [0.25, 0.3) is 0 Å². The number of fused-ring (bicyclic) bond motifs is 1. The molecule has 20 heavy (non-hydrogen) atoms. The lowest BCUT2D eigenvalue weighted by Gasteiger charge is -2.36. The lowest BCUT2D eigenvalue weighted by molar-refractivity contribution is 0.313. The summed E-state index contributed by atoms with van der Waals surface area (Å²) < 4.78 is 0. The molecule has 1 nitrogen and oxygen atoms in total. The van der Waals surface area contributed by atoms with Crippen LogP contribution in [0.2, 0.25) is 0 Å². The molecular weight excluding hydrogens is 242 g/mol. The molecule has 0 radical (unpaired) electrons. The van der Waals surface area contributed by atoms with E-state index in [0.29, 0.717) is 5.92 Å². The van der Waals surface area contributed by atoms with Crippen LogP contribution in [0.25, 0.3) is 0 Å². The van der Waals surface area contributed by atoms with Crippen molar-refractivity contribution in [3.63, 3.8) is 0 Å². The maximum Gasteiger partial charge on any atom is 0.0827 e. The Hall–Kier alpha value is -1.29. The number of hydrogen-bond acceptors (Lipinski definition) is 1. The quantitative estimate of drug-likeness (QED) is 0.679. The van der Waals surface area contributed by atoms with Crippen LogP contribution >= 0.6 is 0 Å². The van der Waals surface area contributed by atoms with Gasteiger partial charge < -0.3 is 0 Å². The van der Waals surface area contributed by atoms with Crippen molar-refractivity contribution in [2.45, 2.75) is 70.6 Å². The second-order valence-electron chi connectivity index (χ2n) is 6.33. The minimum atomic E-state index is -0.219. The highest BCUT2D eigenvalue weighted by atomic mass is 14.4. The molecule has 0 N–H and O–H groups in total. The number of hydrogen-bond donors (Lipinski definition) is 0. The predicted octanol–water partition coefficient (Wildman–Crippen LogP) is 5.39. The van der Waals surface area contributed by atoms with Crippen molar-refractivity contribution in [2.75, 3.05) is 0 Å². The van der Waals surface area contributed by atoms with Gasteiger partial charge >= 0.3 is 0 Å². The number of rotatable bonds is 6.